The van der Waals surface area contributed by atoms with Gasteiger partial charge in [0.25, 0.3) is 5.91 Å². The number of unbranched alkanes of at least 4 members (excludes halogenated alkanes) is 1. The van der Waals surface area contributed by atoms with Gasteiger partial charge in [0, 0.05) is 6.04 Å². The van der Waals surface area contributed by atoms with Crippen LogP contribution in [0.4, 0.5) is 0 Å². The maximum Gasteiger partial charge on any atom is 0.356 e. The summed E-state index contributed by atoms with van der Waals surface area (Å²) in [6.07, 6.45) is 6.78. The molecule has 6 nitrogen and oxygen atoms in total. The SMILES string of the molecule is C=CCCCC(C)NC(=O)c1cnc(C(=O)O)cn1. The number of aromatic nitrogens is 2. The van der Waals surface area contributed by atoms with Gasteiger partial charge < -0.3 is 10.4 Å². The maximum absolute atomic E-state index is 11.8. The Kier molecular flexibility index (Phi) is 5.66. The van der Waals surface area contributed by atoms with E-state index in [0.717, 1.165) is 31.7 Å². The van der Waals surface area contributed by atoms with Crippen LogP contribution in [-0.2, 0) is 0 Å². The average Bonchev–Trinajstić information content (AvgIpc) is 2.39. The first kappa shape index (κ1) is 14.8. The number of hydrogen-bond donors (Lipinski definition) is 2. The molecule has 6 heteroatoms. The van der Waals surface area contributed by atoms with E-state index in [2.05, 4.69) is 21.9 Å². The van der Waals surface area contributed by atoms with Gasteiger partial charge in [0.2, 0.25) is 0 Å². The lowest BCUT2D eigenvalue weighted by Crippen LogP contribution is -2.33. The fourth-order valence-electron chi connectivity index (χ4n) is 1.49. The average molecular weight is 263 g/mol. The Morgan fingerprint density at radius 3 is 2.58 bits per heavy atom. The molecule has 0 fully saturated rings. The Morgan fingerprint density at radius 2 is 2.05 bits per heavy atom. The number of nitrogens with zero attached hydrogens (tertiary/aromatic N) is 2. The van der Waals surface area contributed by atoms with Crippen LogP contribution < -0.4 is 5.32 Å². The van der Waals surface area contributed by atoms with Crippen molar-refractivity contribution in [3.63, 3.8) is 0 Å². The lowest BCUT2D eigenvalue weighted by Gasteiger charge is -2.12. The van der Waals surface area contributed by atoms with E-state index < -0.39 is 5.97 Å². The van der Waals surface area contributed by atoms with Crippen molar-refractivity contribution in [3.8, 4) is 0 Å². The second-order valence-electron chi connectivity index (χ2n) is 4.19. The van der Waals surface area contributed by atoms with E-state index in [1.54, 1.807) is 0 Å². The van der Waals surface area contributed by atoms with Crippen molar-refractivity contribution in [2.75, 3.05) is 0 Å². The summed E-state index contributed by atoms with van der Waals surface area (Å²) in [6, 6.07) is 0.0217. The highest BCUT2D eigenvalue weighted by atomic mass is 16.4. The van der Waals surface area contributed by atoms with Crippen LogP contribution in [0.1, 0.15) is 47.2 Å². The molecule has 102 valence electrons. The molecule has 0 saturated heterocycles. The standard InChI is InChI=1S/C13H17N3O3/c1-3-4-5-6-9(2)16-12(17)10-7-15-11(8-14-10)13(18)19/h3,7-9H,1,4-6H2,2H3,(H,16,17)(H,18,19). The Bertz CT molecular complexity index is 457. The number of amides is 1. The summed E-state index contributed by atoms with van der Waals surface area (Å²) in [4.78, 5) is 29.8. The molecule has 1 aromatic heterocycles. The van der Waals surface area contributed by atoms with Crippen LogP contribution in [0.3, 0.4) is 0 Å². The first-order valence-electron chi connectivity index (χ1n) is 6.01. The van der Waals surface area contributed by atoms with Crippen molar-refractivity contribution in [3.05, 3.63) is 36.4 Å². The summed E-state index contributed by atoms with van der Waals surface area (Å²) >= 11 is 0. The maximum atomic E-state index is 11.8. The molecule has 19 heavy (non-hydrogen) atoms. The van der Waals surface area contributed by atoms with Crippen molar-refractivity contribution >= 4 is 11.9 Å². The monoisotopic (exact) mass is 263 g/mol. The van der Waals surface area contributed by atoms with Crippen LogP contribution in [0.15, 0.2) is 25.0 Å². The van der Waals surface area contributed by atoms with Gasteiger partial charge in [0.15, 0.2) is 5.69 Å². The minimum atomic E-state index is -1.17. The van der Waals surface area contributed by atoms with E-state index in [-0.39, 0.29) is 23.3 Å². The zero-order valence-electron chi connectivity index (χ0n) is 10.8. The van der Waals surface area contributed by atoms with Crippen molar-refractivity contribution in [2.24, 2.45) is 0 Å². The molecule has 1 aromatic rings. The molecule has 1 heterocycles. The van der Waals surface area contributed by atoms with Gasteiger partial charge in [-0.2, -0.15) is 0 Å². The number of carboxylic acids is 1. The molecule has 1 atom stereocenters. The number of aromatic carboxylic acids is 1. The number of hydrogen-bond acceptors (Lipinski definition) is 4. The van der Waals surface area contributed by atoms with Crippen molar-refractivity contribution in [1.29, 1.82) is 0 Å². The highest BCUT2D eigenvalue weighted by Gasteiger charge is 2.12. The van der Waals surface area contributed by atoms with Crippen LogP contribution in [0.5, 0.6) is 0 Å². The molecule has 0 radical (unpaired) electrons. The van der Waals surface area contributed by atoms with Gasteiger partial charge in [0.05, 0.1) is 12.4 Å². The molecule has 0 aromatic carbocycles. The summed E-state index contributed by atoms with van der Waals surface area (Å²) in [5.41, 5.74) is -0.0730. The predicted molar refractivity (Wildman–Crippen MR) is 70.0 cm³/mol. The molecule has 2 N–H and O–H groups in total. The van der Waals surface area contributed by atoms with Crippen LogP contribution in [-0.4, -0.2) is 33.0 Å². The Balaban J connectivity index is 2.53. The summed E-state index contributed by atoms with van der Waals surface area (Å²) in [5, 5.41) is 11.4. The van der Waals surface area contributed by atoms with Gasteiger partial charge in [-0.1, -0.05) is 6.08 Å². The molecule has 0 spiro atoms. The summed E-state index contributed by atoms with van der Waals surface area (Å²) in [6.45, 7) is 5.54. The van der Waals surface area contributed by atoms with Gasteiger partial charge in [0.1, 0.15) is 5.69 Å². The quantitative estimate of drug-likeness (QED) is 0.576. The number of carbonyl (C=O) groups excluding carboxylic acids is 1. The van der Waals surface area contributed by atoms with E-state index in [9.17, 15) is 9.59 Å². The topological polar surface area (TPSA) is 92.2 Å². The third-order valence-corrected chi connectivity index (χ3v) is 2.53. The second kappa shape index (κ2) is 7.25. The lowest BCUT2D eigenvalue weighted by molar-refractivity contribution is 0.0689. The fourth-order valence-corrected chi connectivity index (χ4v) is 1.49. The van der Waals surface area contributed by atoms with Gasteiger partial charge in [-0.15, -0.1) is 6.58 Å². The lowest BCUT2D eigenvalue weighted by atomic mass is 10.1. The Morgan fingerprint density at radius 1 is 1.42 bits per heavy atom. The van der Waals surface area contributed by atoms with Gasteiger partial charge in [-0.05, 0) is 26.2 Å². The predicted octanol–water partition coefficient (Wildman–Crippen LogP) is 1.65. The van der Waals surface area contributed by atoms with Crippen molar-refractivity contribution in [1.82, 2.24) is 15.3 Å². The van der Waals surface area contributed by atoms with Gasteiger partial charge in [-0.25, -0.2) is 14.8 Å². The van der Waals surface area contributed by atoms with E-state index in [4.69, 9.17) is 5.11 Å². The van der Waals surface area contributed by atoms with Gasteiger partial charge in [-0.3, -0.25) is 4.79 Å². The molecule has 0 aliphatic heterocycles. The van der Waals surface area contributed by atoms with E-state index in [1.165, 1.54) is 0 Å². The molecular formula is C13H17N3O3. The minimum Gasteiger partial charge on any atom is -0.476 e. The molecule has 1 amide bonds. The van der Waals surface area contributed by atoms with E-state index in [0.29, 0.717) is 0 Å². The molecule has 0 bridgehead atoms. The smallest absolute Gasteiger partial charge is 0.356 e. The highest BCUT2D eigenvalue weighted by molar-refractivity contribution is 5.92. The number of rotatable bonds is 7. The molecule has 1 unspecified atom stereocenters. The first-order valence-corrected chi connectivity index (χ1v) is 6.01. The van der Waals surface area contributed by atoms with E-state index in [1.807, 2.05) is 13.0 Å². The second-order valence-corrected chi connectivity index (χ2v) is 4.19. The van der Waals surface area contributed by atoms with E-state index >= 15 is 0 Å². The molecule has 0 aliphatic carbocycles. The molecular weight excluding hydrogens is 246 g/mol. The summed E-state index contributed by atoms with van der Waals surface area (Å²) in [7, 11) is 0. The minimum absolute atomic E-state index is 0.0217. The summed E-state index contributed by atoms with van der Waals surface area (Å²) < 4.78 is 0. The van der Waals surface area contributed by atoms with Crippen LogP contribution in [0, 0.1) is 0 Å². The fraction of sp³-hybridized carbons (Fsp3) is 0.385. The Hall–Kier alpha value is -2.24. The van der Waals surface area contributed by atoms with Crippen molar-refractivity contribution in [2.45, 2.75) is 32.2 Å². The normalized spacial score (nSPS) is 11.6. The zero-order chi connectivity index (χ0) is 14.3. The number of nitrogens with one attached hydrogen (secondary N) is 1. The van der Waals surface area contributed by atoms with Crippen LogP contribution in [0.25, 0.3) is 0 Å². The van der Waals surface area contributed by atoms with Gasteiger partial charge >= 0.3 is 5.97 Å². The molecule has 0 saturated carbocycles. The zero-order valence-corrected chi connectivity index (χ0v) is 10.8. The van der Waals surface area contributed by atoms with Crippen LogP contribution in [0.2, 0.25) is 0 Å². The third-order valence-electron chi connectivity index (χ3n) is 2.53. The number of carbonyl (C=O) groups is 2. The largest absolute Gasteiger partial charge is 0.476 e. The first-order chi connectivity index (χ1) is 9.04. The van der Waals surface area contributed by atoms with Crippen molar-refractivity contribution < 1.29 is 14.7 Å². The molecule has 0 aliphatic rings. The summed E-state index contributed by atoms with van der Waals surface area (Å²) in [5.74, 6) is -1.52. The molecule has 1 rings (SSSR count). The number of allylic oxidation sites excluding steroid dienone is 1. The van der Waals surface area contributed by atoms with Crippen LogP contribution >= 0.6 is 0 Å². The third kappa shape index (κ3) is 4.87. The number of carboxylic acid groups (broad SMARTS) is 1. The highest BCUT2D eigenvalue weighted by Crippen LogP contribution is 2.02. The Labute approximate surface area is 111 Å².